The van der Waals surface area contributed by atoms with E-state index >= 15 is 0 Å². The summed E-state index contributed by atoms with van der Waals surface area (Å²) in [6.45, 7) is 1.40. The lowest BCUT2D eigenvalue weighted by Crippen LogP contribution is -2.56. The number of rotatable bonds is 8. The molecule has 0 aliphatic heterocycles. The number of nitrogens with one attached hydrogen (secondary N) is 4. The van der Waals surface area contributed by atoms with Crippen molar-refractivity contribution in [1.29, 1.82) is 0 Å². The number of carbonyl (C=O) groups is 2. The molecule has 1 unspecified atom stereocenters. The van der Waals surface area contributed by atoms with Crippen LogP contribution in [0.5, 0.6) is 17.2 Å². The Morgan fingerprint density at radius 2 is 1.47 bits per heavy atom. The maximum atomic E-state index is 12.9. The van der Waals surface area contributed by atoms with E-state index in [0.29, 0.717) is 17.1 Å². The topological polar surface area (TPSA) is 110 Å². The lowest BCUT2D eigenvalue weighted by atomic mass is 10.1. The zero-order chi connectivity index (χ0) is 25.5. The Hall–Kier alpha value is -2.66. The minimum absolute atomic E-state index is 0.0569. The van der Waals surface area contributed by atoms with Gasteiger partial charge in [0.15, 0.2) is 16.6 Å². The fourth-order valence-corrected chi connectivity index (χ4v) is 3.37. The van der Waals surface area contributed by atoms with E-state index in [4.69, 9.17) is 61.2 Å². The van der Waals surface area contributed by atoms with Gasteiger partial charge >= 0.3 is 0 Å². The second kappa shape index (κ2) is 12.2. The fourth-order valence-electron chi connectivity index (χ4n) is 2.80. The molecule has 4 N–H and O–H groups in total. The minimum atomic E-state index is -1.97. The molecule has 0 aliphatic carbocycles. The van der Waals surface area contributed by atoms with Crippen LogP contribution < -0.4 is 35.5 Å². The number of amides is 2. The Bertz CT molecular complexity index is 1040. The highest BCUT2D eigenvalue weighted by Crippen LogP contribution is 2.38. The van der Waals surface area contributed by atoms with Gasteiger partial charge in [-0.15, -0.1) is 0 Å². The molecule has 9 nitrogen and oxygen atoms in total. The molecule has 0 saturated carbocycles. The van der Waals surface area contributed by atoms with Crippen LogP contribution in [0.25, 0.3) is 0 Å². The predicted octanol–water partition coefficient (Wildman–Crippen LogP) is 4.08. The number of halogens is 3. The first-order valence-corrected chi connectivity index (χ1v) is 11.2. The summed E-state index contributed by atoms with van der Waals surface area (Å²) in [7, 11) is 4.30. The second-order valence-electron chi connectivity index (χ2n) is 6.72. The fraction of sp³-hybridized carbons (Fsp3) is 0.286. The van der Waals surface area contributed by atoms with Gasteiger partial charge in [0.1, 0.15) is 6.17 Å². The number of alkyl halides is 3. The van der Waals surface area contributed by atoms with Crippen molar-refractivity contribution in [2.45, 2.75) is 16.9 Å². The van der Waals surface area contributed by atoms with Crippen LogP contribution in [0, 0.1) is 0 Å². The van der Waals surface area contributed by atoms with E-state index in [9.17, 15) is 9.59 Å². The van der Waals surface area contributed by atoms with Crippen LogP contribution in [-0.4, -0.2) is 48.2 Å². The van der Waals surface area contributed by atoms with Gasteiger partial charge in [0.05, 0.1) is 21.3 Å². The lowest BCUT2D eigenvalue weighted by molar-refractivity contribution is -0.114. The molecule has 13 heteroatoms. The van der Waals surface area contributed by atoms with Gasteiger partial charge in [-0.25, -0.2) is 0 Å². The Kier molecular flexibility index (Phi) is 9.87. The van der Waals surface area contributed by atoms with E-state index in [2.05, 4.69) is 21.3 Å². The molecule has 2 aromatic carbocycles. The number of carbonyl (C=O) groups excluding carboxylic acids is 2. The molecule has 1 atom stereocenters. The number of benzene rings is 2. The maximum Gasteiger partial charge on any atom is 0.253 e. The van der Waals surface area contributed by atoms with Crippen molar-refractivity contribution >= 4 is 75.3 Å². The van der Waals surface area contributed by atoms with Crippen LogP contribution >= 0.6 is 47.0 Å². The van der Waals surface area contributed by atoms with Gasteiger partial charge in [0.2, 0.25) is 15.4 Å². The standard InChI is InChI=1S/C21H23Cl3N4O5S/c1-11(29)25-13-6-5-7-14(10-13)26-20(34)28-19(21(22,23)24)27-18(30)12-8-15(31-2)17(33-4)16(9-12)32-3/h5-10,19H,1-4H3,(H,25,29)(H,27,30)(H2,26,28,34). The summed E-state index contributed by atoms with van der Waals surface area (Å²) in [6.07, 6.45) is -1.22. The second-order valence-corrected chi connectivity index (χ2v) is 9.50. The third-order valence-electron chi connectivity index (χ3n) is 4.25. The quantitative estimate of drug-likeness (QED) is 0.222. The first kappa shape index (κ1) is 27.6. The molecular weight excluding hydrogens is 527 g/mol. The molecule has 0 aromatic heterocycles. The van der Waals surface area contributed by atoms with Gasteiger partial charge in [-0.3, -0.25) is 9.59 Å². The highest BCUT2D eigenvalue weighted by atomic mass is 35.6. The molecule has 0 spiro atoms. The number of thiocarbonyl (C=S) groups is 1. The molecule has 0 bridgehead atoms. The van der Waals surface area contributed by atoms with Crippen LogP contribution in [0.2, 0.25) is 0 Å². The van der Waals surface area contributed by atoms with E-state index < -0.39 is 15.9 Å². The average molecular weight is 550 g/mol. The maximum absolute atomic E-state index is 12.9. The summed E-state index contributed by atoms with van der Waals surface area (Å²) in [5.41, 5.74) is 1.29. The van der Waals surface area contributed by atoms with E-state index in [1.165, 1.54) is 40.4 Å². The van der Waals surface area contributed by atoms with E-state index in [1.807, 2.05) is 0 Å². The number of hydrogen-bond donors (Lipinski definition) is 4. The van der Waals surface area contributed by atoms with Gasteiger partial charge in [-0.05, 0) is 42.5 Å². The zero-order valence-electron chi connectivity index (χ0n) is 18.6. The molecule has 2 amide bonds. The van der Waals surface area contributed by atoms with Crippen molar-refractivity contribution in [1.82, 2.24) is 10.6 Å². The molecule has 34 heavy (non-hydrogen) atoms. The van der Waals surface area contributed by atoms with Gasteiger partial charge in [-0.2, -0.15) is 0 Å². The number of methoxy groups -OCH3 is 3. The van der Waals surface area contributed by atoms with Gasteiger partial charge in [0.25, 0.3) is 5.91 Å². The minimum Gasteiger partial charge on any atom is -0.493 e. The largest absolute Gasteiger partial charge is 0.493 e. The first-order chi connectivity index (χ1) is 16.0. The van der Waals surface area contributed by atoms with Crippen molar-refractivity contribution in [3.8, 4) is 17.2 Å². The molecule has 0 heterocycles. The van der Waals surface area contributed by atoms with Crippen molar-refractivity contribution in [3.05, 3.63) is 42.0 Å². The molecule has 0 radical (unpaired) electrons. The smallest absolute Gasteiger partial charge is 0.253 e. The van der Waals surface area contributed by atoms with Crippen LogP contribution in [0.3, 0.4) is 0 Å². The van der Waals surface area contributed by atoms with Gasteiger partial charge in [0, 0.05) is 23.9 Å². The number of ether oxygens (including phenoxy) is 3. The average Bonchev–Trinajstić information content (AvgIpc) is 2.76. The zero-order valence-corrected chi connectivity index (χ0v) is 21.7. The Labute approximate surface area is 217 Å². The van der Waals surface area contributed by atoms with Crippen molar-refractivity contribution in [2.75, 3.05) is 32.0 Å². The SMILES string of the molecule is COc1cc(C(=O)NC(NC(=S)Nc2cccc(NC(C)=O)c2)C(Cl)(Cl)Cl)cc(OC)c1OC. The molecule has 0 aliphatic rings. The van der Waals surface area contributed by atoms with Crippen molar-refractivity contribution in [2.24, 2.45) is 0 Å². The Balaban J connectivity index is 2.19. The highest BCUT2D eigenvalue weighted by Gasteiger charge is 2.35. The molecule has 184 valence electrons. The summed E-state index contributed by atoms with van der Waals surface area (Å²) in [5, 5.41) is 11.0. The summed E-state index contributed by atoms with van der Waals surface area (Å²) >= 11 is 23.5. The summed E-state index contributed by atoms with van der Waals surface area (Å²) in [6, 6.07) is 9.72. The monoisotopic (exact) mass is 548 g/mol. The van der Waals surface area contributed by atoms with Crippen LogP contribution in [-0.2, 0) is 4.79 Å². The number of anilines is 2. The predicted molar refractivity (Wildman–Crippen MR) is 138 cm³/mol. The van der Waals surface area contributed by atoms with E-state index in [1.54, 1.807) is 24.3 Å². The first-order valence-electron chi connectivity index (χ1n) is 9.61. The molecule has 2 rings (SSSR count). The lowest BCUT2D eigenvalue weighted by Gasteiger charge is -2.28. The van der Waals surface area contributed by atoms with E-state index in [-0.39, 0.29) is 28.1 Å². The van der Waals surface area contributed by atoms with Crippen molar-refractivity contribution < 1.29 is 23.8 Å². The molecule has 2 aromatic rings. The molecule has 0 saturated heterocycles. The third kappa shape index (κ3) is 7.69. The summed E-state index contributed by atoms with van der Waals surface area (Å²) in [5.74, 6) is 0.0647. The summed E-state index contributed by atoms with van der Waals surface area (Å²) in [4.78, 5) is 24.2. The van der Waals surface area contributed by atoms with Gasteiger partial charge < -0.3 is 35.5 Å². The van der Waals surface area contributed by atoms with Gasteiger partial charge in [-0.1, -0.05) is 40.9 Å². The Morgan fingerprint density at radius 3 is 1.94 bits per heavy atom. The molecule has 0 fully saturated rings. The van der Waals surface area contributed by atoms with Crippen LogP contribution in [0.1, 0.15) is 17.3 Å². The molecular formula is C21H23Cl3N4O5S. The van der Waals surface area contributed by atoms with Crippen LogP contribution in [0.4, 0.5) is 11.4 Å². The summed E-state index contributed by atoms with van der Waals surface area (Å²) < 4.78 is 13.8. The normalized spacial score (nSPS) is 11.6. The third-order valence-corrected chi connectivity index (χ3v) is 5.12. The highest BCUT2D eigenvalue weighted by molar-refractivity contribution is 7.80. The van der Waals surface area contributed by atoms with Crippen LogP contribution in [0.15, 0.2) is 36.4 Å². The number of hydrogen-bond acceptors (Lipinski definition) is 6. The Morgan fingerprint density at radius 1 is 0.912 bits per heavy atom. The van der Waals surface area contributed by atoms with E-state index in [0.717, 1.165) is 0 Å². The van der Waals surface area contributed by atoms with Crippen molar-refractivity contribution in [3.63, 3.8) is 0 Å².